The average Bonchev–Trinajstić information content (AvgIpc) is 2.28. The number of ether oxygens (including phenoxy) is 1. The Kier molecular flexibility index (Phi) is 5.33. The second-order valence-electron chi connectivity index (χ2n) is 4.61. The van der Waals surface area contributed by atoms with Gasteiger partial charge in [-0.05, 0) is 36.5 Å². The molecule has 1 atom stereocenters. The molecule has 1 N–H and O–H groups in total. The van der Waals surface area contributed by atoms with Crippen molar-refractivity contribution >= 4 is 0 Å². The Balaban J connectivity index is 2.47. The first-order chi connectivity index (χ1) is 7.61. The van der Waals surface area contributed by atoms with Gasteiger partial charge in [0.1, 0.15) is 5.75 Å². The van der Waals surface area contributed by atoms with E-state index in [9.17, 15) is 5.11 Å². The molecule has 0 aliphatic heterocycles. The molecule has 1 aromatic rings. The summed E-state index contributed by atoms with van der Waals surface area (Å²) in [6.07, 6.45) is 1.29. The SMILES string of the molecule is CCC(O)Cc1ccc(OCC(C)C)cc1. The first kappa shape index (κ1) is 13.0. The Morgan fingerprint density at radius 3 is 2.31 bits per heavy atom. The Morgan fingerprint density at radius 1 is 1.19 bits per heavy atom. The maximum atomic E-state index is 9.53. The van der Waals surface area contributed by atoms with Crippen LogP contribution in [0.15, 0.2) is 24.3 Å². The second kappa shape index (κ2) is 6.54. The summed E-state index contributed by atoms with van der Waals surface area (Å²) in [4.78, 5) is 0. The van der Waals surface area contributed by atoms with Gasteiger partial charge in [0.05, 0.1) is 12.7 Å². The molecular weight excluding hydrogens is 200 g/mol. The lowest BCUT2D eigenvalue weighted by atomic mass is 10.1. The van der Waals surface area contributed by atoms with Gasteiger partial charge < -0.3 is 9.84 Å². The summed E-state index contributed by atoms with van der Waals surface area (Å²) in [6.45, 7) is 7.00. The first-order valence-electron chi connectivity index (χ1n) is 6.01. The van der Waals surface area contributed by atoms with Gasteiger partial charge in [-0.1, -0.05) is 32.9 Å². The normalized spacial score (nSPS) is 12.8. The van der Waals surface area contributed by atoms with Gasteiger partial charge in [-0.25, -0.2) is 0 Å². The Hall–Kier alpha value is -1.02. The van der Waals surface area contributed by atoms with Crippen molar-refractivity contribution < 1.29 is 9.84 Å². The van der Waals surface area contributed by atoms with Crippen molar-refractivity contribution in [2.24, 2.45) is 5.92 Å². The molecule has 0 saturated heterocycles. The van der Waals surface area contributed by atoms with E-state index in [1.807, 2.05) is 31.2 Å². The highest BCUT2D eigenvalue weighted by Gasteiger charge is 2.03. The van der Waals surface area contributed by atoms with Crippen molar-refractivity contribution in [1.29, 1.82) is 0 Å². The van der Waals surface area contributed by atoms with Crippen molar-refractivity contribution in [2.75, 3.05) is 6.61 Å². The molecule has 1 aromatic carbocycles. The molecule has 2 nitrogen and oxygen atoms in total. The summed E-state index contributed by atoms with van der Waals surface area (Å²) in [5.41, 5.74) is 1.16. The van der Waals surface area contributed by atoms with Crippen LogP contribution in [0.25, 0.3) is 0 Å². The van der Waals surface area contributed by atoms with Crippen LogP contribution in [-0.4, -0.2) is 17.8 Å². The first-order valence-corrected chi connectivity index (χ1v) is 6.01. The molecule has 2 heteroatoms. The maximum absolute atomic E-state index is 9.53. The van der Waals surface area contributed by atoms with Crippen LogP contribution in [0.4, 0.5) is 0 Å². The molecule has 0 heterocycles. The third-order valence-corrected chi connectivity index (χ3v) is 2.45. The lowest BCUT2D eigenvalue weighted by Crippen LogP contribution is -2.08. The van der Waals surface area contributed by atoms with Gasteiger partial charge in [-0.3, -0.25) is 0 Å². The van der Waals surface area contributed by atoms with Crippen LogP contribution in [0.5, 0.6) is 5.75 Å². The monoisotopic (exact) mass is 222 g/mol. The van der Waals surface area contributed by atoms with Crippen LogP contribution >= 0.6 is 0 Å². The summed E-state index contributed by atoms with van der Waals surface area (Å²) < 4.78 is 5.59. The third kappa shape index (κ3) is 4.67. The predicted molar refractivity (Wildman–Crippen MR) is 66.8 cm³/mol. The highest BCUT2D eigenvalue weighted by Crippen LogP contribution is 2.14. The molecule has 0 aromatic heterocycles. The average molecular weight is 222 g/mol. The van der Waals surface area contributed by atoms with Crippen LogP contribution < -0.4 is 4.74 Å². The van der Waals surface area contributed by atoms with Gasteiger partial charge in [-0.2, -0.15) is 0 Å². The van der Waals surface area contributed by atoms with E-state index in [0.717, 1.165) is 30.8 Å². The zero-order chi connectivity index (χ0) is 12.0. The van der Waals surface area contributed by atoms with E-state index in [1.54, 1.807) is 0 Å². The van der Waals surface area contributed by atoms with Crippen molar-refractivity contribution in [1.82, 2.24) is 0 Å². The highest BCUT2D eigenvalue weighted by atomic mass is 16.5. The maximum Gasteiger partial charge on any atom is 0.119 e. The summed E-state index contributed by atoms with van der Waals surface area (Å²) in [5, 5.41) is 9.53. The predicted octanol–water partition coefficient (Wildman–Crippen LogP) is 3.03. The fourth-order valence-electron chi connectivity index (χ4n) is 1.40. The molecule has 0 aliphatic carbocycles. The van der Waals surface area contributed by atoms with E-state index in [1.165, 1.54) is 0 Å². The van der Waals surface area contributed by atoms with Gasteiger partial charge in [-0.15, -0.1) is 0 Å². The molecule has 0 saturated carbocycles. The van der Waals surface area contributed by atoms with Crippen molar-refractivity contribution in [3.63, 3.8) is 0 Å². The number of rotatable bonds is 6. The van der Waals surface area contributed by atoms with Gasteiger partial charge >= 0.3 is 0 Å². The Labute approximate surface area is 98.3 Å². The van der Waals surface area contributed by atoms with Crippen molar-refractivity contribution in [3.05, 3.63) is 29.8 Å². The van der Waals surface area contributed by atoms with E-state index in [-0.39, 0.29) is 6.10 Å². The molecule has 90 valence electrons. The molecule has 0 aliphatic rings. The topological polar surface area (TPSA) is 29.5 Å². The zero-order valence-electron chi connectivity index (χ0n) is 10.4. The number of hydrogen-bond acceptors (Lipinski definition) is 2. The lowest BCUT2D eigenvalue weighted by Gasteiger charge is -2.10. The molecule has 16 heavy (non-hydrogen) atoms. The van der Waals surface area contributed by atoms with E-state index < -0.39 is 0 Å². The van der Waals surface area contributed by atoms with Gasteiger partial charge in [0.15, 0.2) is 0 Å². The van der Waals surface area contributed by atoms with Crippen LogP contribution in [0, 0.1) is 5.92 Å². The molecule has 0 amide bonds. The van der Waals surface area contributed by atoms with E-state index in [4.69, 9.17) is 4.74 Å². The standard InChI is InChI=1S/C14H22O2/c1-4-13(15)9-12-5-7-14(8-6-12)16-10-11(2)3/h5-8,11,13,15H,4,9-10H2,1-3H3. The molecule has 0 fully saturated rings. The zero-order valence-corrected chi connectivity index (χ0v) is 10.4. The molecule has 0 radical (unpaired) electrons. The van der Waals surface area contributed by atoms with Gasteiger partial charge in [0.25, 0.3) is 0 Å². The summed E-state index contributed by atoms with van der Waals surface area (Å²) >= 11 is 0. The largest absolute Gasteiger partial charge is 0.493 e. The Morgan fingerprint density at radius 2 is 1.81 bits per heavy atom. The minimum atomic E-state index is -0.234. The second-order valence-corrected chi connectivity index (χ2v) is 4.61. The van der Waals surface area contributed by atoms with E-state index in [2.05, 4.69) is 13.8 Å². The molecule has 1 rings (SSSR count). The van der Waals surface area contributed by atoms with Crippen LogP contribution in [0.1, 0.15) is 32.8 Å². The highest BCUT2D eigenvalue weighted by molar-refractivity contribution is 5.27. The summed E-state index contributed by atoms with van der Waals surface area (Å²) in [5.74, 6) is 1.45. The van der Waals surface area contributed by atoms with Crippen molar-refractivity contribution in [3.8, 4) is 5.75 Å². The molecule has 1 unspecified atom stereocenters. The number of hydrogen-bond donors (Lipinski definition) is 1. The van der Waals surface area contributed by atoms with Crippen LogP contribution in [0.3, 0.4) is 0 Å². The van der Waals surface area contributed by atoms with Gasteiger partial charge in [0.2, 0.25) is 0 Å². The minimum absolute atomic E-state index is 0.234. The number of aliphatic hydroxyl groups excluding tert-OH is 1. The molecule has 0 bridgehead atoms. The van der Waals surface area contributed by atoms with Crippen LogP contribution in [-0.2, 0) is 6.42 Å². The minimum Gasteiger partial charge on any atom is -0.493 e. The quantitative estimate of drug-likeness (QED) is 0.801. The Bertz CT molecular complexity index is 290. The number of aliphatic hydroxyl groups is 1. The summed E-state index contributed by atoms with van der Waals surface area (Å²) in [7, 11) is 0. The van der Waals surface area contributed by atoms with Crippen LogP contribution in [0.2, 0.25) is 0 Å². The van der Waals surface area contributed by atoms with E-state index in [0.29, 0.717) is 5.92 Å². The smallest absolute Gasteiger partial charge is 0.119 e. The fraction of sp³-hybridized carbons (Fsp3) is 0.571. The lowest BCUT2D eigenvalue weighted by molar-refractivity contribution is 0.171. The summed E-state index contributed by atoms with van der Waals surface area (Å²) in [6, 6.07) is 7.99. The number of benzene rings is 1. The molecular formula is C14H22O2. The van der Waals surface area contributed by atoms with Crippen molar-refractivity contribution in [2.45, 2.75) is 39.7 Å². The van der Waals surface area contributed by atoms with Gasteiger partial charge in [0, 0.05) is 0 Å². The molecule has 0 spiro atoms. The van der Waals surface area contributed by atoms with E-state index >= 15 is 0 Å². The fourth-order valence-corrected chi connectivity index (χ4v) is 1.40. The third-order valence-electron chi connectivity index (χ3n) is 2.45.